The molecule has 0 saturated heterocycles. The normalized spacial score (nSPS) is 10.8. The van der Waals surface area contributed by atoms with Gasteiger partial charge in [0.25, 0.3) is 0 Å². The maximum absolute atomic E-state index is 8.72. The molecule has 0 spiro atoms. The Bertz CT molecular complexity index is 192. The van der Waals surface area contributed by atoms with E-state index in [9.17, 15) is 0 Å². The lowest BCUT2D eigenvalue weighted by Gasteiger charge is -2.04. The van der Waals surface area contributed by atoms with E-state index in [0.29, 0.717) is 6.61 Å². The van der Waals surface area contributed by atoms with Crippen molar-refractivity contribution in [3.8, 4) is 0 Å². The smallest absolute Gasteiger partial charge is 0.0431 e. The lowest BCUT2D eigenvalue weighted by atomic mass is 10.0. The van der Waals surface area contributed by atoms with E-state index in [2.05, 4.69) is 6.92 Å². The van der Waals surface area contributed by atoms with Crippen molar-refractivity contribution < 1.29 is 5.11 Å². The average Bonchev–Trinajstić information content (AvgIpc) is 2.63. The van der Waals surface area contributed by atoms with Crippen LogP contribution in [0, 0.1) is 0 Å². The van der Waals surface area contributed by atoms with E-state index in [0.717, 1.165) is 6.42 Å². The monoisotopic (exact) mass is 370 g/mol. The summed E-state index contributed by atoms with van der Waals surface area (Å²) in [6.45, 7) is 2.67. The number of aliphatic hydroxyl groups excluding tert-OH is 1. The molecule has 0 aromatic rings. The molecule has 0 aliphatic heterocycles. The molecule has 0 rings (SSSR count). The van der Waals surface area contributed by atoms with Gasteiger partial charge in [0.05, 0.1) is 0 Å². The summed E-state index contributed by atoms with van der Waals surface area (Å²) in [7, 11) is 0. The fraction of sp³-hybridized carbons (Fsp3) is 1.00. The predicted octanol–water partition coefficient (Wildman–Crippen LogP) is 9.22. The molecule has 0 aliphatic carbocycles. The second kappa shape index (κ2) is 27.2. The summed E-state index contributed by atoms with van der Waals surface area (Å²) in [5.74, 6) is 0. The zero-order valence-electron chi connectivity index (χ0n) is 17.7. The largest absolute Gasteiger partial charge is 0.396 e. The first-order chi connectivity index (χ1) is 12.4. The highest BCUT2D eigenvalue weighted by Crippen LogP contribution is 2.15. The van der Waals surface area contributed by atoms with E-state index in [4.69, 9.17) is 5.11 Å². The fourth-order valence-electron chi connectivity index (χ4n) is 3.72. The maximum Gasteiger partial charge on any atom is 0.0431 e. The Morgan fingerprint density at radius 1 is 0.346 bits per heavy atom. The fourth-order valence-corrected chi connectivity index (χ4v) is 3.72. The van der Waals surface area contributed by atoms with Crippen molar-refractivity contribution in [1.29, 1.82) is 0 Å². The summed E-state index contributed by atoms with van der Waals surface area (Å²) in [6.07, 6.45) is 31.1. The first-order valence-electron chi connectivity index (χ1n) is 12.0. The van der Waals surface area contributed by atoms with Crippen molar-refractivity contribution in [2.45, 2.75) is 156 Å². The quantitative estimate of drug-likeness (QED) is 0.188. The predicted molar refractivity (Wildman–Crippen MR) is 121 cm³/mol. The van der Waals surface area contributed by atoms with Crippen LogP contribution in [-0.2, 0) is 0 Å². The van der Waals surface area contributed by atoms with Crippen molar-refractivity contribution in [2.75, 3.05) is 6.61 Å². The average molecular weight is 371 g/mol. The van der Waals surface area contributed by atoms with Gasteiger partial charge in [0.2, 0.25) is 0 Å². The lowest BCUT2D eigenvalue weighted by molar-refractivity contribution is 0.282. The van der Waals surface area contributed by atoms with E-state index in [1.807, 2.05) is 0 Å². The van der Waals surface area contributed by atoms with Crippen LogP contribution in [0.2, 0.25) is 0 Å². The third kappa shape index (κ3) is 26.2. The van der Waals surface area contributed by atoms with Crippen molar-refractivity contribution in [3.05, 3.63) is 0 Å². The first kappa shape index (κ1) is 28.2. The molecule has 0 fully saturated rings. The molecule has 0 aromatic carbocycles. The van der Waals surface area contributed by atoms with Gasteiger partial charge in [0, 0.05) is 6.61 Å². The van der Waals surface area contributed by atoms with Gasteiger partial charge in [-0.2, -0.15) is 0 Å². The van der Waals surface area contributed by atoms with Crippen LogP contribution in [-0.4, -0.2) is 11.7 Å². The third-order valence-corrected chi connectivity index (χ3v) is 5.51. The Morgan fingerprint density at radius 3 is 0.731 bits per heavy atom. The number of hydrogen-bond donors (Lipinski definition) is 1. The van der Waals surface area contributed by atoms with Crippen molar-refractivity contribution in [3.63, 3.8) is 0 Å². The van der Waals surface area contributed by atoms with Crippen LogP contribution in [0.4, 0.5) is 0 Å². The minimum absolute atomic E-state index is 0. The Balaban J connectivity index is 0. The zero-order chi connectivity index (χ0) is 18.3. The molecule has 160 valence electrons. The summed E-state index contributed by atoms with van der Waals surface area (Å²) in [5.41, 5.74) is 0. The SMILES string of the molecule is C.CCCCCCCCCCCCCCCCCCCCCCCCO. The highest BCUT2D eigenvalue weighted by atomic mass is 16.2. The summed E-state index contributed by atoms with van der Waals surface area (Å²) in [5, 5.41) is 8.72. The van der Waals surface area contributed by atoms with Gasteiger partial charge in [-0.25, -0.2) is 0 Å². The molecule has 0 bridgehead atoms. The minimum Gasteiger partial charge on any atom is -0.396 e. The molecule has 0 atom stereocenters. The molecular formula is C25H54O. The molecule has 0 saturated carbocycles. The molecule has 0 unspecified atom stereocenters. The van der Waals surface area contributed by atoms with Crippen LogP contribution in [0.3, 0.4) is 0 Å². The van der Waals surface area contributed by atoms with Crippen LogP contribution in [0.5, 0.6) is 0 Å². The molecule has 1 N–H and O–H groups in total. The van der Waals surface area contributed by atoms with Gasteiger partial charge < -0.3 is 5.11 Å². The number of hydrogen-bond acceptors (Lipinski definition) is 1. The standard InChI is InChI=1S/C24H50O.CH4/c1-2-3-4-5-6-7-8-9-10-11-12-13-14-15-16-17-18-19-20-21-22-23-24-25;/h25H,2-24H2,1H3;1H4. The number of aliphatic hydroxyl groups is 1. The van der Waals surface area contributed by atoms with Crippen LogP contribution in [0.25, 0.3) is 0 Å². The Labute approximate surface area is 167 Å². The van der Waals surface area contributed by atoms with Crippen molar-refractivity contribution in [1.82, 2.24) is 0 Å². The molecule has 0 radical (unpaired) electrons. The molecule has 1 nitrogen and oxygen atoms in total. The summed E-state index contributed by atoms with van der Waals surface area (Å²) in [6, 6.07) is 0. The molecule has 0 aromatic heterocycles. The Hall–Kier alpha value is -0.0400. The van der Waals surface area contributed by atoms with Crippen LogP contribution in [0.1, 0.15) is 156 Å². The highest BCUT2D eigenvalue weighted by Gasteiger charge is 1.95. The van der Waals surface area contributed by atoms with Crippen LogP contribution >= 0.6 is 0 Å². The summed E-state index contributed by atoms with van der Waals surface area (Å²) >= 11 is 0. The first-order valence-corrected chi connectivity index (χ1v) is 12.0. The van der Waals surface area contributed by atoms with Gasteiger partial charge in [-0.15, -0.1) is 0 Å². The maximum atomic E-state index is 8.72. The van der Waals surface area contributed by atoms with E-state index in [-0.39, 0.29) is 7.43 Å². The highest BCUT2D eigenvalue weighted by molar-refractivity contribution is 4.51. The molecule has 0 aliphatic rings. The number of rotatable bonds is 22. The van der Waals surface area contributed by atoms with E-state index in [1.165, 1.54) is 135 Å². The number of unbranched alkanes of at least 4 members (excludes halogenated alkanes) is 21. The molecular weight excluding hydrogens is 316 g/mol. The lowest BCUT2D eigenvalue weighted by Crippen LogP contribution is -1.85. The van der Waals surface area contributed by atoms with Gasteiger partial charge in [0.15, 0.2) is 0 Å². The van der Waals surface area contributed by atoms with Crippen molar-refractivity contribution >= 4 is 0 Å². The zero-order valence-corrected chi connectivity index (χ0v) is 17.7. The van der Waals surface area contributed by atoms with Gasteiger partial charge in [-0.05, 0) is 6.42 Å². The van der Waals surface area contributed by atoms with E-state index < -0.39 is 0 Å². The Kier molecular flexibility index (Phi) is 29.5. The van der Waals surface area contributed by atoms with Gasteiger partial charge in [-0.3, -0.25) is 0 Å². The van der Waals surface area contributed by atoms with Gasteiger partial charge in [0.1, 0.15) is 0 Å². The summed E-state index contributed by atoms with van der Waals surface area (Å²) in [4.78, 5) is 0. The van der Waals surface area contributed by atoms with E-state index in [1.54, 1.807) is 0 Å². The van der Waals surface area contributed by atoms with Crippen LogP contribution in [0.15, 0.2) is 0 Å². The van der Waals surface area contributed by atoms with Gasteiger partial charge >= 0.3 is 0 Å². The molecule has 26 heavy (non-hydrogen) atoms. The molecule has 0 amide bonds. The topological polar surface area (TPSA) is 20.2 Å². The van der Waals surface area contributed by atoms with Crippen molar-refractivity contribution in [2.24, 2.45) is 0 Å². The minimum atomic E-state index is 0. The van der Waals surface area contributed by atoms with Crippen LogP contribution < -0.4 is 0 Å². The molecule has 0 heterocycles. The third-order valence-electron chi connectivity index (χ3n) is 5.51. The summed E-state index contributed by atoms with van der Waals surface area (Å²) < 4.78 is 0. The van der Waals surface area contributed by atoms with Gasteiger partial charge in [-0.1, -0.05) is 149 Å². The second-order valence-corrected chi connectivity index (χ2v) is 8.15. The Morgan fingerprint density at radius 2 is 0.538 bits per heavy atom. The molecule has 1 heteroatoms. The van der Waals surface area contributed by atoms with E-state index >= 15 is 0 Å². The second-order valence-electron chi connectivity index (χ2n) is 8.15.